The van der Waals surface area contributed by atoms with Crippen LogP contribution in [-0.4, -0.2) is 37.6 Å². The van der Waals surface area contributed by atoms with Crippen LogP contribution in [0.25, 0.3) is 0 Å². The minimum Gasteiger partial charge on any atom is -0.374 e. The van der Waals surface area contributed by atoms with Gasteiger partial charge in [0.05, 0.1) is 45.7 Å². The second-order valence-electron chi connectivity index (χ2n) is 10.7. The summed E-state index contributed by atoms with van der Waals surface area (Å²) in [4.78, 5) is 0. The molecule has 1 fully saturated rings. The van der Waals surface area contributed by atoms with Crippen molar-refractivity contribution in [1.29, 1.82) is 0 Å². The molecule has 5 rings (SSSR count). The summed E-state index contributed by atoms with van der Waals surface area (Å²) in [6, 6.07) is 40.7. The number of benzene rings is 4. The van der Waals surface area contributed by atoms with Gasteiger partial charge in [0.2, 0.25) is 0 Å². The van der Waals surface area contributed by atoms with Crippen molar-refractivity contribution in [3.8, 4) is 0 Å². The fourth-order valence-electron chi connectivity index (χ4n) is 5.08. The van der Waals surface area contributed by atoms with E-state index in [1.54, 1.807) is 0 Å². The Kier molecular flexibility index (Phi) is 11.5. The highest BCUT2D eigenvalue weighted by Gasteiger charge is 2.40. The first-order valence-electron chi connectivity index (χ1n) is 14.6. The van der Waals surface area contributed by atoms with Crippen molar-refractivity contribution in [3.63, 3.8) is 0 Å². The number of rotatable bonds is 16. The molecule has 0 radical (unpaired) electrons. The van der Waals surface area contributed by atoms with Gasteiger partial charge in [0.1, 0.15) is 18.3 Å². The number of hydrogen-bond acceptors (Lipinski definition) is 5. The maximum atomic E-state index is 6.74. The van der Waals surface area contributed by atoms with Gasteiger partial charge < -0.3 is 23.7 Å². The Bertz CT molecular complexity index is 1310. The summed E-state index contributed by atoms with van der Waals surface area (Å²) in [6.07, 6.45) is -0.797. The van der Waals surface area contributed by atoms with Crippen LogP contribution in [0, 0.1) is 0 Å². The highest BCUT2D eigenvalue weighted by Crippen LogP contribution is 2.29. The second-order valence-corrected chi connectivity index (χ2v) is 10.7. The van der Waals surface area contributed by atoms with E-state index in [-0.39, 0.29) is 6.10 Å². The van der Waals surface area contributed by atoms with Gasteiger partial charge in [-0.25, -0.2) is 0 Å². The van der Waals surface area contributed by atoms with E-state index < -0.39 is 18.3 Å². The largest absolute Gasteiger partial charge is 0.374 e. The second kappa shape index (κ2) is 16.2. The predicted molar refractivity (Wildman–Crippen MR) is 165 cm³/mol. The lowest BCUT2D eigenvalue weighted by Gasteiger charge is -2.36. The molecule has 4 atom stereocenters. The summed E-state index contributed by atoms with van der Waals surface area (Å²) in [6.45, 7) is 6.78. The van der Waals surface area contributed by atoms with Gasteiger partial charge in [-0.05, 0) is 34.2 Å². The fraction of sp³-hybridized carbons (Fsp3) is 0.297. The first-order valence-corrected chi connectivity index (χ1v) is 14.6. The lowest BCUT2D eigenvalue weighted by atomic mass is 9.99. The van der Waals surface area contributed by atoms with Gasteiger partial charge >= 0.3 is 0 Å². The zero-order valence-electron chi connectivity index (χ0n) is 24.1. The molecular formula is C37H40O5. The third kappa shape index (κ3) is 9.21. The molecule has 0 spiro atoms. The monoisotopic (exact) mass is 564 g/mol. The minimum atomic E-state index is -0.468. The highest BCUT2D eigenvalue weighted by atomic mass is 16.6. The van der Waals surface area contributed by atoms with Crippen LogP contribution in [0.5, 0.6) is 0 Å². The smallest absolute Gasteiger partial charge is 0.115 e. The molecular weight excluding hydrogens is 524 g/mol. The molecule has 0 amide bonds. The molecule has 5 heteroatoms. The minimum absolute atomic E-state index is 0.209. The molecule has 0 aromatic heterocycles. The summed E-state index contributed by atoms with van der Waals surface area (Å²) in [5, 5.41) is 0. The molecule has 0 N–H and O–H groups in total. The van der Waals surface area contributed by atoms with Crippen LogP contribution in [0.3, 0.4) is 0 Å². The van der Waals surface area contributed by atoms with Gasteiger partial charge in [-0.1, -0.05) is 128 Å². The molecule has 4 aromatic carbocycles. The Morgan fingerprint density at radius 1 is 0.595 bits per heavy atom. The van der Waals surface area contributed by atoms with E-state index in [1.165, 1.54) is 0 Å². The normalized spacial score (nSPS) is 17.1. The van der Waals surface area contributed by atoms with E-state index in [9.17, 15) is 0 Å². The van der Waals surface area contributed by atoms with Crippen molar-refractivity contribution in [2.45, 2.75) is 57.3 Å². The van der Waals surface area contributed by atoms with Crippen molar-refractivity contribution in [3.05, 3.63) is 156 Å². The van der Waals surface area contributed by atoms with E-state index in [2.05, 4.69) is 55.1 Å². The van der Waals surface area contributed by atoms with Gasteiger partial charge in [-0.3, -0.25) is 0 Å². The fourth-order valence-corrected chi connectivity index (χ4v) is 5.08. The van der Waals surface area contributed by atoms with Crippen LogP contribution in [0.4, 0.5) is 0 Å². The molecule has 4 aromatic rings. The quantitative estimate of drug-likeness (QED) is 0.134. The van der Waals surface area contributed by atoms with Crippen LogP contribution in [0.2, 0.25) is 0 Å². The van der Waals surface area contributed by atoms with E-state index in [0.29, 0.717) is 46.1 Å². The summed E-state index contributed by atoms with van der Waals surface area (Å²) < 4.78 is 32.6. The van der Waals surface area contributed by atoms with Gasteiger partial charge in [-0.2, -0.15) is 0 Å². The first kappa shape index (κ1) is 29.9. The third-order valence-electron chi connectivity index (χ3n) is 7.32. The van der Waals surface area contributed by atoms with E-state index in [0.717, 1.165) is 27.8 Å². The molecule has 1 aliphatic heterocycles. The van der Waals surface area contributed by atoms with Crippen LogP contribution >= 0.6 is 0 Å². The average Bonchev–Trinajstić information content (AvgIpc) is 3.48. The maximum absolute atomic E-state index is 6.74. The Labute approximate surface area is 249 Å². The van der Waals surface area contributed by atoms with Crippen molar-refractivity contribution in [1.82, 2.24) is 0 Å². The van der Waals surface area contributed by atoms with Crippen molar-refractivity contribution in [2.75, 3.05) is 13.2 Å². The number of hydrogen-bond donors (Lipinski definition) is 0. The Hall–Kier alpha value is -3.58. The van der Waals surface area contributed by atoms with E-state index in [4.69, 9.17) is 23.7 Å². The molecule has 1 aliphatic rings. The Morgan fingerprint density at radius 3 is 1.52 bits per heavy atom. The van der Waals surface area contributed by atoms with E-state index >= 15 is 0 Å². The highest BCUT2D eigenvalue weighted by molar-refractivity contribution is 5.16. The summed E-state index contributed by atoms with van der Waals surface area (Å²) >= 11 is 0. The predicted octanol–water partition coefficient (Wildman–Crippen LogP) is 7.30. The summed E-state index contributed by atoms with van der Waals surface area (Å²) in [5.41, 5.74) is 5.40. The molecule has 1 heterocycles. The Morgan fingerprint density at radius 2 is 1.05 bits per heavy atom. The third-order valence-corrected chi connectivity index (χ3v) is 7.32. The Balaban J connectivity index is 1.41. The standard InChI is InChI=1S/C37H40O5/c1-29-22-34(39-23-29)36(41-26-32-18-10-4-11-19-32)37(42-27-33-20-12-5-13-21-33)35(40-25-31-16-8-3-9-17-31)28-38-24-30-14-6-2-7-15-30/h2-21,34-37H,1,22-28H2/t34-,35+,36-,37+/m0/s1. The molecule has 42 heavy (non-hydrogen) atoms. The molecule has 218 valence electrons. The maximum Gasteiger partial charge on any atom is 0.115 e. The van der Waals surface area contributed by atoms with Crippen molar-refractivity contribution in [2.24, 2.45) is 0 Å². The average molecular weight is 565 g/mol. The lowest BCUT2D eigenvalue weighted by molar-refractivity contribution is -0.192. The first-order chi connectivity index (χ1) is 20.7. The molecule has 1 saturated heterocycles. The van der Waals surface area contributed by atoms with Gasteiger partial charge in [0.25, 0.3) is 0 Å². The molecule has 0 saturated carbocycles. The molecule has 0 aliphatic carbocycles. The molecule has 0 unspecified atom stereocenters. The molecule has 0 bridgehead atoms. The van der Waals surface area contributed by atoms with Crippen LogP contribution < -0.4 is 0 Å². The molecule has 5 nitrogen and oxygen atoms in total. The van der Waals surface area contributed by atoms with Gasteiger partial charge in [0, 0.05) is 0 Å². The van der Waals surface area contributed by atoms with Crippen LogP contribution in [0.1, 0.15) is 28.7 Å². The lowest BCUT2D eigenvalue weighted by Crippen LogP contribution is -2.50. The van der Waals surface area contributed by atoms with Gasteiger partial charge in [0.15, 0.2) is 0 Å². The summed E-state index contributed by atoms with van der Waals surface area (Å²) in [7, 11) is 0. The zero-order chi connectivity index (χ0) is 28.8. The van der Waals surface area contributed by atoms with Crippen LogP contribution in [0.15, 0.2) is 133 Å². The number of ether oxygens (including phenoxy) is 5. The SMILES string of the molecule is C=C1CO[C@H]([C@H](OCc2ccccc2)[C@H](OCc2ccccc2)[C@@H](COCc2ccccc2)OCc2ccccc2)C1. The van der Waals surface area contributed by atoms with Crippen molar-refractivity contribution >= 4 is 0 Å². The van der Waals surface area contributed by atoms with E-state index in [1.807, 2.05) is 72.8 Å². The summed E-state index contributed by atoms with van der Waals surface area (Å²) in [5.74, 6) is 0. The zero-order valence-corrected chi connectivity index (χ0v) is 24.1. The van der Waals surface area contributed by atoms with Crippen molar-refractivity contribution < 1.29 is 23.7 Å². The van der Waals surface area contributed by atoms with Crippen LogP contribution in [-0.2, 0) is 50.1 Å². The topological polar surface area (TPSA) is 46.2 Å². The van der Waals surface area contributed by atoms with Gasteiger partial charge in [-0.15, -0.1) is 0 Å².